The number of nitrogens with zero attached hydrogens (tertiary/aromatic N) is 1. The Balaban J connectivity index is 2.33. The minimum atomic E-state index is 0.541. The Hall–Kier alpha value is -1.53. The van der Waals surface area contributed by atoms with E-state index < -0.39 is 0 Å². The lowest BCUT2D eigenvalue weighted by molar-refractivity contribution is 0.110. The van der Waals surface area contributed by atoms with Gasteiger partial charge in [0.05, 0.1) is 18.2 Å². The number of rotatable bonds is 5. The molecule has 0 amide bonds. The largest absolute Gasteiger partial charge is 0.491 e. The molecule has 0 unspecified atom stereocenters. The van der Waals surface area contributed by atoms with Crippen molar-refractivity contribution >= 4 is 0 Å². The van der Waals surface area contributed by atoms with Gasteiger partial charge in [0.1, 0.15) is 12.4 Å². The molecule has 0 radical (unpaired) electrons. The number of hydrogen-bond acceptors (Lipinski definition) is 3. The van der Waals surface area contributed by atoms with Crippen molar-refractivity contribution < 1.29 is 9.47 Å². The molecular weight excluding hydrogens is 178 g/mol. The van der Waals surface area contributed by atoms with Gasteiger partial charge in [-0.3, -0.25) is 0 Å². The molecule has 1 aromatic carbocycles. The Morgan fingerprint density at radius 1 is 1.21 bits per heavy atom. The molecular formula is C11H13NO2. The van der Waals surface area contributed by atoms with Crippen LogP contribution >= 0.6 is 0 Å². The Labute approximate surface area is 83.9 Å². The third kappa shape index (κ3) is 3.46. The lowest BCUT2D eigenvalue weighted by Crippen LogP contribution is -2.06. The molecule has 3 heteroatoms. The molecule has 0 atom stereocenters. The standard InChI is InChI=1S/C11H13NO2/c1-2-13-7-8-14-11-5-3-10(9-12)4-6-11/h3-6H,2,7-8H2,1H3. The topological polar surface area (TPSA) is 42.2 Å². The van der Waals surface area contributed by atoms with Crippen LogP contribution in [-0.4, -0.2) is 19.8 Å². The quantitative estimate of drug-likeness (QED) is 0.668. The van der Waals surface area contributed by atoms with E-state index in [1.165, 1.54) is 0 Å². The van der Waals surface area contributed by atoms with Crippen LogP contribution < -0.4 is 4.74 Å². The summed E-state index contributed by atoms with van der Waals surface area (Å²) >= 11 is 0. The predicted octanol–water partition coefficient (Wildman–Crippen LogP) is 1.97. The molecule has 0 spiro atoms. The molecule has 0 fully saturated rings. The summed E-state index contributed by atoms with van der Waals surface area (Å²) < 4.78 is 10.5. The number of nitriles is 1. The van der Waals surface area contributed by atoms with Crippen molar-refractivity contribution in [2.75, 3.05) is 19.8 Å². The van der Waals surface area contributed by atoms with E-state index in [2.05, 4.69) is 6.07 Å². The van der Waals surface area contributed by atoms with Crippen LogP contribution in [0.5, 0.6) is 5.75 Å². The lowest BCUT2D eigenvalue weighted by Gasteiger charge is -2.05. The second-order valence-electron chi connectivity index (χ2n) is 2.68. The Morgan fingerprint density at radius 2 is 1.93 bits per heavy atom. The molecule has 0 aliphatic rings. The third-order valence-electron chi connectivity index (χ3n) is 1.68. The summed E-state index contributed by atoms with van der Waals surface area (Å²) in [4.78, 5) is 0. The van der Waals surface area contributed by atoms with E-state index in [4.69, 9.17) is 14.7 Å². The van der Waals surface area contributed by atoms with E-state index in [0.717, 1.165) is 5.75 Å². The third-order valence-corrected chi connectivity index (χ3v) is 1.68. The van der Waals surface area contributed by atoms with Crippen molar-refractivity contribution in [2.45, 2.75) is 6.92 Å². The Bertz CT molecular complexity index is 300. The highest BCUT2D eigenvalue weighted by atomic mass is 16.5. The summed E-state index contributed by atoms with van der Waals surface area (Å²) in [6.45, 7) is 3.79. The molecule has 74 valence electrons. The van der Waals surface area contributed by atoms with Crippen LogP contribution in [0.3, 0.4) is 0 Å². The van der Waals surface area contributed by atoms with Crippen LogP contribution in [0.2, 0.25) is 0 Å². The maximum absolute atomic E-state index is 8.56. The first-order valence-electron chi connectivity index (χ1n) is 4.57. The smallest absolute Gasteiger partial charge is 0.119 e. The zero-order valence-electron chi connectivity index (χ0n) is 8.19. The SMILES string of the molecule is CCOCCOc1ccc(C#N)cc1. The van der Waals surface area contributed by atoms with Crippen LogP contribution in [0.4, 0.5) is 0 Å². The fourth-order valence-electron chi connectivity index (χ4n) is 0.988. The van der Waals surface area contributed by atoms with Crippen LogP contribution in [0, 0.1) is 11.3 Å². The summed E-state index contributed by atoms with van der Waals surface area (Å²) in [6, 6.07) is 9.08. The van der Waals surface area contributed by atoms with Crippen molar-refractivity contribution in [3.63, 3.8) is 0 Å². The van der Waals surface area contributed by atoms with E-state index in [1.807, 2.05) is 6.92 Å². The Morgan fingerprint density at radius 3 is 2.50 bits per heavy atom. The average molecular weight is 191 g/mol. The molecule has 3 nitrogen and oxygen atoms in total. The Kier molecular flexibility index (Phi) is 4.53. The minimum absolute atomic E-state index is 0.541. The number of hydrogen-bond donors (Lipinski definition) is 0. The predicted molar refractivity (Wildman–Crippen MR) is 53.1 cm³/mol. The molecule has 0 aliphatic heterocycles. The van der Waals surface area contributed by atoms with Gasteiger partial charge in [-0.1, -0.05) is 0 Å². The zero-order chi connectivity index (χ0) is 10.2. The number of benzene rings is 1. The van der Waals surface area contributed by atoms with Crippen molar-refractivity contribution in [2.24, 2.45) is 0 Å². The maximum atomic E-state index is 8.56. The summed E-state index contributed by atoms with van der Waals surface area (Å²) in [6.07, 6.45) is 0. The summed E-state index contributed by atoms with van der Waals surface area (Å²) in [5.41, 5.74) is 0.641. The van der Waals surface area contributed by atoms with Gasteiger partial charge in [-0.2, -0.15) is 5.26 Å². The van der Waals surface area contributed by atoms with Crippen LogP contribution in [-0.2, 0) is 4.74 Å². The maximum Gasteiger partial charge on any atom is 0.119 e. The van der Waals surface area contributed by atoms with Gasteiger partial charge in [0, 0.05) is 6.61 Å². The summed E-state index contributed by atoms with van der Waals surface area (Å²) in [5, 5.41) is 8.56. The molecule has 0 N–H and O–H groups in total. The number of ether oxygens (including phenoxy) is 2. The molecule has 0 aliphatic carbocycles. The summed E-state index contributed by atoms with van der Waals surface area (Å²) in [5.74, 6) is 0.767. The van der Waals surface area contributed by atoms with E-state index in [-0.39, 0.29) is 0 Å². The van der Waals surface area contributed by atoms with E-state index in [0.29, 0.717) is 25.4 Å². The minimum Gasteiger partial charge on any atom is -0.491 e. The molecule has 1 aromatic rings. The first-order valence-corrected chi connectivity index (χ1v) is 4.57. The van der Waals surface area contributed by atoms with Crippen molar-refractivity contribution in [3.8, 4) is 11.8 Å². The molecule has 0 aromatic heterocycles. The molecule has 0 saturated carbocycles. The van der Waals surface area contributed by atoms with Crippen molar-refractivity contribution in [1.29, 1.82) is 5.26 Å². The van der Waals surface area contributed by atoms with Gasteiger partial charge in [0.15, 0.2) is 0 Å². The van der Waals surface area contributed by atoms with Gasteiger partial charge < -0.3 is 9.47 Å². The van der Waals surface area contributed by atoms with Gasteiger partial charge in [-0.25, -0.2) is 0 Å². The lowest BCUT2D eigenvalue weighted by atomic mass is 10.2. The highest BCUT2D eigenvalue weighted by molar-refractivity contribution is 5.34. The molecule has 14 heavy (non-hydrogen) atoms. The average Bonchev–Trinajstić information content (AvgIpc) is 2.25. The fraction of sp³-hybridized carbons (Fsp3) is 0.364. The van der Waals surface area contributed by atoms with E-state index in [1.54, 1.807) is 24.3 Å². The summed E-state index contributed by atoms with van der Waals surface area (Å²) in [7, 11) is 0. The first-order chi connectivity index (χ1) is 6.86. The van der Waals surface area contributed by atoms with Crippen LogP contribution in [0.1, 0.15) is 12.5 Å². The monoisotopic (exact) mass is 191 g/mol. The fourth-order valence-corrected chi connectivity index (χ4v) is 0.988. The van der Waals surface area contributed by atoms with Gasteiger partial charge in [0.25, 0.3) is 0 Å². The molecule has 1 rings (SSSR count). The molecule has 0 heterocycles. The first kappa shape index (κ1) is 10.6. The highest BCUT2D eigenvalue weighted by Crippen LogP contribution is 2.10. The normalized spacial score (nSPS) is 9.43. The second-order valence-corrected chi connectivity index (χ2v) is 2.68. The highest BCUT2D eigenvalue weighted by Gasteiger charge is 1.93. The van der Waals surface area contributed by atoms with Gasteiger partial charge >= 0.3 is 0 Å². The van der Waals surface area contributed by atoms with Crippen molar-refractivity contribution in [3.05, 3.63) is 29.8 Å². The van der Waals surface area contributed by atoms with Gasteiger partial charge in [-0.15, -0.1) is 0 Å². The van der Waals surface area contributed by atoms with E-state index >= 15 is 0 Å². The van der Waals surface area contributed by atoms with Crippen LogP contribution in [0.25, 0.3) is 0 Å². The van der Waals surface area contributed by atoms with Gasteiger partial charge in [-0.05, 0) is 31.2 Å². The second kappa shape index (κ2) is 6.01. The van der Waals surface area contributed by atoms with E-state index in [9.17, 15) is 0 Å². The van der Waals surface area contributed by atoms with Gasteiger partial charge in [0.2, 0.25) is 0 Å². The van der Waals surface area contributed by atoms with Crippen LogP contribution in [0.15, 0.2) is 24.3 Å². The van der Waals surface area contributed by atoms with Crippen molar-refractivity contribution in [1.82, 2.24) is 0 Å². The molecule has 0 saturated heterocycles. The zero-order valence-corrected chi connectivity index (χ0v) is 8.19. The molecule has 0 bridgehead atoms.